The number of rotatable bonds is 1. The number of nitrogen functional groups attached to an aromatic ring is 1. The van der Waals surface area contributed by atoms with Crippen LogP contribution in [-0.4, -0.2) is 5.11 Å². The Morgan fingerprint density at radius 1 is 1.54 bits per heavy atom. The van der Waals surface area contributed by atoms with Gasteiger partial charge in [-0.1, -0.05) is 0 Å². The van der Waals surface area contributed by atoms with E-state index in [2.05, 4.69) is 6.07 Å². The van der Waals surface area contributed by atoms with Crippen molar-refractivity contribution in [1.29, 1.82) is 0 Å². The van der Waals surface area contributed by atoms with Gasteiger partial charge in [-0.25, -0.2) is 0 Å². The van der Waals surface area contributed by atoms with E-state index in [1.54, 1.807) is 11.3 Å². The van der Waals surface area contributed by atoms with Gasteiger partial charge in [0.15, 0.2) is 0 Å². The fourth-order valence-corrected chi connectivity index (χ4v) is 2.42. The number of thiophene rings is 1. The van der Waals surface area contributed by atoms with Crippen molar-refractivity contribution in [2.75, 3.05) is 5.73 Å². The smallest absolute Gasteiger partial charge is 0.0704 e. The lowest BCUT2D eigenvalue weighted by Gasteiger charge is -2.07. The first-order valence-corrected chi connectivity index (χ1v) is 4.98. The number of nitrogens with two attached hydrogens (primary N) is 1. The number of fused-ring (bicyclic) bond motifs is 1. The summed E-state index contributed by atoms with van der Waals surface area (Å²) in [5.41, 5.74) is 8.56. The summed E-state index contributed by atoms with van der Waals surface area (Å²) in [5, 5.41) is 12.2. The number of aryl methyl sites for hydroxylation is 1. The van der Waals surface area contributed by atoms with Crippen LogP contribution in [0.2, 0.25) is 0 Å². The zero-order chi connectivity index (χ0) is 9.42. The number of anilines is 1. The van der Waals surface area contributed by atoms with Crippen LogP contribution in [0.4, 0.5) is 5.69 Å². The summed E-state index contributed by atoms with van der Waals surface area (Å²) in [7, 11) is 0. The highest BCUT2D eigenvalue weighted by atomic mass is 32.1. The second-order valence-corrected chi connectivity index (χ2v) is 4.02. The molecule has 0 unspecified atom stereocenters. The molecule has 0 aliphatic rings. The maximum atomic E-state index is 9.12. The van der Waals surface area contributed by atoms with E-state index in [1.165, 1.54) is 4.70 Å². The van der Waals surface area contributed by atoms with Crippen molar-refractivity contribution < 1.29 is 5.11 Å². The fraction of sp³-hybridized carbons (Fsp3) is 0.200. The number of benzene rings is 1. The van der Waals surface area contributed by atoms with Crippen LogP contribution < -0.4 is 5.73 Å². The Morgan fingerprint density at radius 3 is 3.00 bits per heavy atom. The summed E-state index contributed by atoms with van der Waals surface area (Å²) in [6.07, 6.45) is 0. The molecule has 0 aliphatic heterocycles. The third-order valence-corrected chi connectivity index (χ3v) is 3.16. The zero-order valence-corrected chi connectivity index (χ0v) is 8.19. The molecule has 0 bridgehead atoms. The number of aliphatic hydroxyl groups is 1. The number of hydrogen-bond acceptors (Lipinski definition) is 3. The van der Waals surface area contributed by atoms with E-state index < -0.39 is 0 Å². The molecule has 3 N–H and O–H groups in total. The van der Waals surface area contributed by atoms with Gasteiger partial charge in [0.05, 0.1) is 6.61 Å². The van der Waals surface area contributed by atoms with Gasteiger partial charge in [-0.15, -0.1) is 11.3 Å². The summed E-state index contributed by atoms with van der Waals surface area (Å²) in [5.74, 6) is 0. The third-order valence-electron chi connectivity index (χ3n) is 2.29. The van der Waals surface area contributed by atoms with E-state index in [0.29, 0.717) is 0 Å². The van der Waals surface area contributed by atoms with Gasteiger partial charge in [-0.3, -0.25) is 0 Å². The minimum atomic E-state index is 0.0173. The maximum Gasteiger partial charge on any atom is 0.0704 e. The molecular weight excluding hydrogens is 182 g/mol. The Labute approximate surface area is 80.6 Å². The Balaban J connectivity index is 2.85. The van der Waals surface area contributed by atoms with Crippen LogP contribution >= 0.6 is 11.3 Å². The average molecular weight is 193 g/mol. The highest BCUT2D eigenvalue weighted by Gasteiger charge is 2.07. The van der Waals surface area contributed by atoms with Gasteiger partial charge >= 0.3 is 0 Å². The van der Waals surface area contributed by atoms with E-state index in [1.807, 2.05) is 18.4 Å². The van der Waals surface area contributed by atoms with Crippen molar-refractivity contribution in [3.63, 3.8) is 0 Å². The van der Waals surface area contributed by atoms with Gasteiger partial charge in [0.25, 0.3) is 0 Å². The highest BCUT2D eigenvalue weighted by molar-refractivity contribution is 7.17. The molecule has 1 heterocycles. The van der Waals surface area contributed by atoms with Gasteiger partial charge in [-0.2, -0.15) is 0 Å². The molecule has 1 aromatic carbocycles. The summed E-state index contributed by atoms with van der Waals surface area (Å²) in [6.45, 7) is 1.99. The summed E-state index contributed by atoms with van der Waals surface area (Å²) < 4.78 is 1.19. The van der Waals surface area contributed by atoms with Crippen LogP contribution in [0.1, 0.15) is 11.1 Å². The van der Waals surface area contributed by atoms with Gasteiger partial charge < -0.3 is 10.8 Å². The predicted octanol–water partition coefficient (Wildman–Crippen LogP) is 2.28. The Morgan fingerprint density at radius 2 is 2.31 bits per heavy atom. The molecule has 68 valence electrons. The lowest BCUT2D eigenvalue weighted by Crippen LogP contribution is -1.97. The standard InChI is InChI=1S/C10H11NOS/c1-6-4-9-7(2-3-13-9)10(11)8(6)5-12/h2-4,12H,5,11H2,1H3. The molecule has 13 heavy (non-hydrogen) atoms. The molecule has 0 saturated heterocycles. The third kappa shape index (κ3) is 1.20. The van der Waals surface area contributed by atoms with E-state index in [9.17, 15) is 0 Å². The SMILES string of the molecule is Cc1cc2sccc2c(N)c1CO. The molecule has 2 nitrogen and oxygen atoms in total. The van der Waals surface area contributed by atoms with Gasteiger partial charge in [0, 0.05) is 21.3 Å². The normalized spacial score (nSPS) is 10.9. The number of hydrogen-bond donors (Lipinski definition) is 2. The van der Waals surface area contributed by atoms with Crippen LogP contribution in [0.3, 0.4) is 0 Å². The van der Waals surface area contributed by atoms with Crippen LogP contribution in [0.15, 0.2) is 17.5 Å². The quantitative estimate of drug-likeness (QED) is 0.682. The minimum absolute atomic E-state index is 0.0173. The first-order valence-electron chi connectivity index (χ1n) is 4.10. The summed E-state index contributed by atoms with van der Waals surface area (Å²) >= 11 is 1.67. The molecule has 0 aliphatic carbocycles. The molecule has 0 atom stereocenters. The zero-order valence-electron chi connectivity index (χ0n) is 7.37. The van der Waals surface area contributed by atoms with Crippen molar-refractivity contribution in [3.8, 4) is 0 Å². The van der Waals surface area contributed by atoms with Crippen molar-refractivity contribution in [2.24, 2.45) is 0 Å². The highest BCUT2D eigenvalue weighted by Crippen LogP contribution is 2.31. The minimum Gasteiger partial charge on any atom is -0.398 e. The monoisotopic (exact) mass is 193 g/mol. The van der Waals surface area contributed by atoms with Crippen molar-refractivity contribution in [1.82, 2.24) is 0 Å². The molecule has 0 saturated carbocycles. The molecule has 0 amide bonds. The topological polar surface area (TPSA) is 46.2 Å². The largest absolute Gasteiger partial charge is 0.398 e. The Hall–Kier alpha value is -1.06. The second kappa shape index (κ2) is 3.01. The molecule has 0 fully saturated rings. The van der Waals surface area contributed by atoms with Crippen molar-refractivity contribution in [2.45, 2.75) is 13.5 Å². The molecule has 3 heteroatoms. The molecule has 1 aromatic heterocycles. The van der Waals surface area contributed by atoms with Crippen LogP contribution in [0.5, 0.6) is 0 Å². The molecular formula is C10H11NOS. The lowest BCUT2D eigenvalue weighted by atomic mass is 10.0. The van der Waals surface area contributed by atoms with E-state index in [-0.39, 0.29) is 6.61 Å². The van der Waals surface area contributed by atoms with Crippen LogP contribution in [0, 0.1) is 6.92 Å². The van der Waals surface area contributed by atoms with Gasteiger partial charge in [0.2, 0.25) is 0 Å². The second-order valence-electron chi connectivity index (χ2n) is 3.08. The van der Waals surface area contributed by atoms with E-state index in [4.69, 9.17) is 10.8 Å². The fourth-order valence-electron chi connectivity index (χ4n) is 1.52. The van der Waals surface area contributed by atoms with Crippen LogP contribution in [0.25, 0.3) is 10.1 Å². The Bertz CT molecular complexity index is 447. The van der Waals surface area contributed by atoms with Crippen LogP contribution in [-0.2, 0) is 6.61 Å². The first kappa shape index (κ1) is 8.53. The van der Waals surface area contributed by atoms with Crippen molar-refractivity contribution >= 4 is 27.1 Å². The predicted molar refractivity (Wildman–Crippen MR) is 56.9 cm³/mol. The molecule has 2 rings (SSSR count). The molecule has 0 spiro atoms. The van der Waals surface area contributed by atoms with Gasteiger partial charge in [0.1, 0.15) is 0 Å². The van der Waals surface area contributed by atoms with E-state index in [0.717, 1.165) is 22.2 Å². The molecule has 2 aromatic rings. The van der Waals surface area contributed by atoms with Gasteiger partial charge in [-0.05, 0) is 30.0 Å². The van der Waals surface area contributed by atoms with E-state index >= 15 is 0 Å². The average Bonchev–Trinajstić information content (AvgIpc) is 2.53. The number of aliphatic hydroxyl groups excluding tert-OH is 1. The summed E-state index contributed by atoms with van der Waals surface area (Å²) in [4.78, 5) is 0. The molecule has 0 radical (unpaired) electrons. The Kier molecular flexibility index (Phi) is 1.98. The van der Waals surface area contributed by atoms with Crippen molar-refractivity contribution in [3.05, 3.63) is 28.6 Å². The first-order chi connectivity index (χ1) is 6.24. The lowest BCUT2D eigenvalue weighted by molar-refractivity contribution is 0.282. The summed E-state index contributed by atoms with van der Waals surface area (Å²) in [6, 6.07) is 4.07. The maximum absolute atomic E-state index is 9.12.